The van der Waals surface area contributed by atoms with Crippen LogP contribution in [0, 0.1) is 0 Å². The van der Waals surface area contributed by atoms with Gasteiger partial charge in [0.1, 0.15) is 5.69 Å². The lowest BCUT2D eigenvalue weighted by Crippen LogP contribution is -2.40. The second-order valence-corrected chi connectivity index (χ2v) is 8.06. The van der Waals surface area contributed by atoms with Crippen molar-refractivity contribution >= 4 is 21.6 Å². The molecule has 1 fully saturated rings. The van der Waals surface area contributed by atoms with Crippen LogP contribution in [0.4, 0.5) is 18.9 Å². The summed E-state index contributed by atoms with van der Waals surface area (Å²) in [7, 11) is -3.75. The number of benzene rings is 1. The average molecular weight is 431 g/mol. The number of halogens is 3. The van der Waals surface area contributed by atoms with Gasteiger partial charge in [-0.2, -0.15) is 17.5 Å². The molecular weight excluding hydrogens is 415 g/mol. The Morgan fingerprint density at radius 3 is 2.34 bits per heavy atom. The molecule has 0 unspecified atom stereocenters. The van der Waals surface area contributed by atoms with Gasteiger partial charge in [0, 0.05) is 24.8 Å². The maximum absolute atomic E-state index is 12.8. The summed E-state index contributed by atoms with van der Waals surface area (Å²) in [6.45, 7) is 0.988. The molecule has 1 aliphatic rings. The minimum Gasteiger partial charge on any atom is -0.379 e. The number of aromatic amines is 1. The van der Waals surface area contributed by atoms with Crippen LogP contribution in [0.5, 0.6) is 0 Å². The van der Waals surface area contributed by atoms with E-state index in [2.05, 4.69) is 5.32 Å². The summed E-state index contributed by atoms with van der Waals surface area (Å²) in [5.41, 5.74) is -2.63. The van der Waals surface area contributed by atoms with Crippen LogP contribution in [0.3, 0.4) is 0 Å². The number of anilines is 1. The van der Waals surface area contributed by atoms with Gasteiger partial charge >= 0.3 is 6.18 Å². The first-order valence-electron chi connectivity index (χ1n) is 8.38. The van der Waals surface area contributed by atoms with Gasteiger partial charge in [-0.3, -0.25) is 9.59 Å². The van der Waals surface area contributed by atoms with Crippen LogP contribution in [-0.4, -0.2) is 49.9 Å². The minimum atomic E-state index is -4.70. The third-order valence-electron chi connectivity index (χ3n) is 4.20. The van der Waals surface area contributed by atoms with Crippen molar-refractivity contribution in [3.63, 3.8) is 0 Å². The highest BCUT2D eigenvalue weighted by Crippen LogP contribution is 2.29. The first kappa shape index (κ1) is 21.0. The largest absolute Gasteiger partial charge is 0.417 e. The standard InChI is InChI=1S/C17H16F3N3O5S/c18-17(19,20)12-9-14(16(25)21-10-12)22-15(24)11-1-3-13(4-2-11)29(26,27)23-5-7-28-8-6-23/h1-4,9-10H,5-8H2,(H,21,25)(H,22,24). The monoisotopic (exact) mass is 431 g/mol. The molecule has 8 nitrogen and oxygen atoms in total. The molecule has 0 spiro atoms. The van der Waals surface area contributed by atoms with Gasteiger partial charge in [0.25, 0.3) is 11.5 Å². The summed E-state index contributed by atoms with van der Waals surface area (Å²) in [5.74, 6) is -0.856. The number of hydrogen-bond donors (Lipinski definition) is 2. The van der Waals surface area contributed by atoms with Crippen LogP contribution < -0.4 is 10.9 Å². The van der Waals surface area contributed by atoms with E-state index < -0.39 is 38.9 Å². The highest BCUT2D eigenvalue weighted by molar-refractivity contribution is 7.89. The van der Waals surface area contributed by atoms with Crippen molar-refractivity contribution in [2.45, 2.75) is 11.1 Å². The highest BCUT2D eigenvalue weighted by atomic mass is 32.2. The highest BCUT2D eigenvalue weighted by Gasteiger charge is 2.31. The van der Waals surface area contributed by atoms with E-state index in [4.69, 9.17) is 4.74 Å². The first-order chi connectivity index (χ1) is 13.6. The van der Waals surface area contributed by atoms with E-state index in [1.165, 1.54) is 28.6 Å². The van der Waals surface area contributed by atoms with E-state index in [0.29, 0.717) is 12.3 Å². The molecule has 1 amide bonds. The van der Waals surface area contributed by atoms with Gasteiger partial charge in [-0.05, 0) is 30.3 Å². The van der Waals surface area contributed by atoms with Crippen molar-refractivity contribution in [3.05, 3.63) is 58.0 Å². The number of sulfonamides is 1. The van der Waals surface area contributed by atoms with Gasteiger partial charge in [0.05, 0.1) is 23.7 Å². The summed E-state index contributed by atoms with van der Waals surface area (Å²) in [6, 6.07) is 5.38. The molecule has 1 aromatic carbocycles. The molecule has 29 heavy (non-hydrogen) atoms. The molecule has 0 aliphatic carbocycles. The van der Waals surface area contributed by atoms with Gasteiger partial charge in [0.15, 0.2) is 0 Å². The maximum atomic E-state index is 12.8. The molecule has 0 atom stereocenters. The molecule has 12 heteroatoms. The SMILES string of the molecule is O=C(Nc1cc(C(F)(F)F)c[nH]c1=O)c1ccc(S(=O)(=O)N2CCOCC2)cc1. The summed E-state index contributed by atoms with van der Waals surface area (Å²) in [5, 5.41) is 2.10. The lowest BCUT2D eigenvalue weighted by molar-refractivity contribution is -0.137. The molecule has 1 aliphatic heterocycles. The molecule has 2 aromatic rings. The van der Waals surface area contributed by atoms with Crippen molar-refractivity contribution in [3.8, 4) is 0 Å². The first-order valence-corrected chi connectivity index (χ1v) is 9.82. The Morgan fingerprint density at radius 1 is 1.14 bits per heavy atom. The Hall–Kier alpha value is -2.70. The molecule has 2 N–H and O–H groups in total. The predicted molar refractivity (Wildman–Crippen MR) is 96.0 cm³/mol. The van der Waals surface area contributed by atoms with Crippen LogP contribution in [-0.2, 0) is 20.9 Å². The third-order valence-corrected chi connectivity index (χ3v) is 6.12. The number of carbonyl (C=O) groups excluding carboxylic acids is 1. The van der Waals surface area contributed by atoms with Crippen molar-refractivity contribution in [1.29, 1.82) is 0 Å². The fourth-order valence-electron chi connectivity index (χ4n) is 2.65. The molecule has 0 bridgehead atoms. The zero-order valence-corrected chi connectivity index (χ0v) is 15.6. The van der Waals surface area contributed by atoms with E-state index in [0.717, 1.165) is 0 Å². The fraction of sp³-hybridized carbons (Fsp3) is 0.294. The number of nitrogens with one attached hydrogen (secondary N) is 2. The zero-order chi connectivity index (χ0) is 21.2. The number of H-pyrrole nitrogens is 1. The number of carbonyl (C=O) groups is 1. The number of alkyl halides is 3. The smallest absolute Gasteiger partial charge is 0.379 e. The quantitative estimate of drug-likeness (QED) is 0.766. The van der Waals surface area contributed by atoms with Gasteiger partial charge < -0.3 is 15.0 Å². The third kappa shape index (κ3) is 4.66. The Labute approximate surface area is 163 Å². The summed E-state index contributed by atoms with van der Waals surface area (Å²) in [6.07, 6.45) is -4.19. The number of morpholine rings is 1. The molecule has 1 aromatic heterocycles. The molecule has 0 saturated carbocycles. The summed E-state index contributed by atoms with van der Waals surface area (Å²) >= 11 is 0. The van der Waals surface area contributed by atoms with Crippen LogP contribution >= 0.6 is 0 Å². The van der Waals surface area contributed by atoms with Crippen LogP contribution in [0.15, 0.2) is 46.2 Å². The topological polar surface area (TPSA) is 109 Å². The van der Waals surface area contributed by atoms with Crippen LogP contribution in [0.25, 0.3) is 0 Å². The van der Waals surface area contributed by atoms with E-state index in [-0.39, 0.29) is 36.8 Å². The van der Waals surface area contributed by atoms with Gasteiger partial charge in [0.2, 0.25) is 10.0 Å². The van der Waals surface area contributed by atoms with Gasteiger partial charge in [-0.15, -0.1) is 0 Å². The van der Waals surface area contributed by atoms with Crippen molar-refractivity contribution in [1.82, 2.24) is 9.29 Å². The minimum absolute atomic E-state index is 0.0252. The molecule has 0 radical (unpaired) electrons. The Morgan fingerprint density at radius 2 is 1.76 bits per heavy atom. The van der Waals surface area contributed by atoms with Gasteiger partial charge in [-0.25, -0.2) is 8.42 Å². The summed E-state index contributed by atoms with van der Waals surface area (Å²) in [4.78, 5) is 25.8. The molecule has 1 saturated heterocycles. The predicted octanol–water partition coefficient (Wildman–Crippen LogP) is 1.67. The fourth-order valence-corrected chi connectivity index (χ4v) is 4.06. The number of pyridine rings is 1. The molecular formula is C17H16F3N3O5S. The number of hydrogen-bond acceptors (Lipinski definition) is 5. The Balaban J connectivity index is 1.79. The van der Waals surface area contributed by atoms with E-state index in [9.17, 15) is 31.2 Å². The second kappa shape index (κ2) is 7.97. The number of nitrogens with zero attached hydrogens (tertiary/aromatic N) is 1. The lowest BCUT2D eigenvalue weighted by Gasteiger charge is -2.26. The second-order valence-electron chi connectivity index (χ2n) is 6.12. The molecule has 3 rings (SSSR count). The zero-order valence-electron chi connectivity index (χ0n) is 14.8. The Bertz CT molecular complexity index is 1060. The van der Waals surface area contributed by atoms with Gasteiger partial charge in [-0.1, -0.05) is 0 Å². The molecule has 2 heterocycles. The number of ether oxygens (including phenoxy) is 1. The van der Waals surface area contributed by atoms with Crippen molar-refractivity contribution in [2.24, 2.45) is 0 Å². The summed E-state index contributed by atoms with van der Waals surface area (Å²) < 4.78 is 69.8. The average Bonchev–Trinajstić information content (AvgIpc) is 2.69. The Kier molecular flexibility index (Phi) is 5.78. The van der Waals surface area contributed by atoms with E-state index in [1.54, 1.807) is 0 Å². The lowest BCUT2D eigenvalue weighted by atomic mass is 10.2. The number of amides is 1. The van der Waals surface area contributed by atoms with E-state index in [1.807, 2.05) is 4.98 Å². The van der Waals surface area contributed by atoms with Crippen LogP contribution in [0.2, 0.25) is 0 Å². The number of rotatable bonds is 4. The number of aromatic nitrogens is 1. The van der Waals surface area contributed by atoms with Crippen molar-refractivity contribution in [2.75, 3.05) is 31.6 Å². The van der Waals surface area contributed by atoms with E-state index >= 15 is 0 Å². The van der Waals surface area contributed by atoms with Crippen molar-refractivity contribution < 1.29 is 31.1 Å². The normalized spacial score (nSPS) is 15.8. The van der Waals surface area contributed by atoms with Crippen LogP contribution in [0.1, 0.15) is 15.9 Å². The molecule has 156 valence electrons. The maximum Gasteiger partial charge on any atom is 0.417 e.